The number of rotatable bonds is 5. The maximum Gasteiger partial charge on any atom is 0.251 e. The first-order valence-corrected chi connectivity index (χ1v) is 7.64. The summed E-state index contributed by atoms with van der Waals surface area (Å²) in [6, 6.07) is 11.5. The molecule has 0 atom stereocenters. The second-order valence-electron chi connectivity index (χ2n) is 5.49. The van der Waals surface area contributed by atoms with Gasteiger partial charge in [0.25, 0.3) is 5.91 Å². The molecule has 1 aliphatic rings. The van der Waals surface area contributed by atoms with Crippen molar-refractivity contribution in [3.8, 4) is 0 Å². The van der Waals surface area contributed by atoms with Crippen molar-refractivity contribution in [2.75, 3.05) is 26.2 Å². The second-order valence-corrected chi connectivity index (χ2v) is 5.49. The van der Waals surface area contributed by atoms with Gasteiger partial charge in [-0.1, -0.05) is 12.1 Å². The number of hydrogen-bond acceptors (Lipinski definition) is 4. The monoisotopic (exact) mass is 299 g/mol. The van der Waals surface area contributed by atoms with Gasteiger partial charge in [-0.15, -0.1) is 0 Å². The van der Waals surface area contributed by atoms with Crippen LogP contribution in [0.4, 0.5) is 0 Å². The van der Waals surface area contributed by atoms with Crippen LogP contribution in [0.5, 0.6) is 0 Å². The summed E-state index contributed by atoms with van der Waals surface area (Å²) in [4.78, 5) is 14.6. The lowest BCUT2D eigenvalue weighted by Gasteiger charge is -2.27. The molecule has 5 nitrogen and oxygen atoms in total. The zero-order valence-electron chi connectivity index (χ0n) is 12.5. The molecule has 22 heavy (non-hydrogen) atoms. The molecule has 1 aromatic heterocycles. The van der Waals surface area contributed by atoms with Crippen molar-refractivity contribution in [1.29, 1.82) is 0 Å². The van der Waals surface area contributed by atoms with E-state index in [4.69, 9.17) is 4.42 Å². The number of nitrogens with one attached hydrogen (secondary N) is 2. The zero-order chi connectivity index (χ0) is 15.2. The Hall–Kier alpha value is -2.11. The van der Waals surface area contributed by atoms with Gasteiger partial charge in [-0.2, -0.15) is 0 Å². The molecular formula is C17H21N3O2. The van der Waals surface area contributed by atoms with Crippen molar-refractivity contribution in [2.24, 2.45) is 0 Å². The van der Waals surface area contributed by atoms with Crippen LogP contribution in [0.3, 0.4) is 0 Å². The Bertz CT molecular complexity index is 604. The van der Waals surface area contributed by atoms with Crippen LogP contribution in [0.15, 0.2) is 47.1 Å². The topological polar surface area (TPSA) is 57.5 Å². The Labute approximate surface area is 130 Å². The summed E-state index contributed by atoms with van der Waals surface area (Å²) in [5.74, 6) is 0.684. The summed E-state index contributed by atoms with van der Waals surface area (Å²) in [5, 5.41) is 6.22. The molecule has 1 aromatic carbocycles. The van der Waals surface area contributed by atoms with Crippen LogP contribution in [-0.4, -0.2) is 37.0 Å². The third-order valence-corrected chi connectivity index (χ3v) is 3.81. The second kappa shape index (κ2) is 7.24. The Balaban J connectivity index is 1.58. The van der Waals surface area contributed by atoms with Gasteiger partial charge in [-0.25, -0.2) is 0 Å². The number of carbonyl (C=O) groups excluding carboxylic acids is 1. The smallest absolute Gasteiger partial charge is 0.251 e. The fraction of sp³-hybridized carbons (Fsp3) is 0.353. The van der Waals surface area contributed by atoms with E-state index < -0.39 is 0 Å². The molecule has 0 spiro atoms. The molecule has 2 heterocycles. The molecule has 0 unspecified atom stereocenters. The van der Waals surface area contributed by atoms with Crippen molar-refractivity contribution in [3.63, 3.8) is 0 Å². The number of amides is 1. The molecule has 2 aromatic rings. The maximum atomic E-state index is 12.2. The molecule has 0 radical (unpaired) electrons. The molecule has 1 aliphatic heterocycles. The van der Waals surface area contributed by atoms with Crippen LogP contribution >= 0.6 is 0 Å². The van der Waals surface area contributed by atoms with Crippen LogP contribution in [0.25, 0.3) is 0 Å². The lowest BCUT2D eigenvalue weighted by atomic mass is 10.1. The number of piperazine rings is 1. The van der Waals surface area contributed by atoms with Crippen molar-refractivity contribution in [1.82, 2.24) is 15.5 Å². The van der Waals surface area contributed by atoms with Gasteiger partial charge >= 0.3 is 0 Å². The highest BCUT2D eigenvalue weighted by atomic mass is 16.3. The van der Waals surface area contributed by atoms with Crippen molar-refractivity contribution in [2.45, 2.75) is 13.1 Å². The summed E-state index contributed by atoms with van der Waals surface area (Å²) in [6.45, 7) is 5.46. The number of carbonyl (C=O) groups is 1. The largest absolute Gasteiger partial charge is 0.467 e. The minimum atomic E-state index is -0.0708. The standard InChI is InChI=1S/C17H21N3O2/c21-17(19-12-16-5-2-10-22-16)15-4-1-3-14(11-15)13-20-8-6-18-7-9-20/h1-5,10-11,18H,6-9,12-13H2,(H,19,21). The molecule has 5 heteroatoms. The van der Waals surface area contributed by atoms with Gasteiger partial charge in [0.15, 0.2) is 0 Å². The van der Waals surface area contributed by atoms with Crippen molar-refractivity contribution >= 4 is 5.91 Å². The van der Waals surface area contributed by atoms with Crippen molar-refractivity contribution < 1.29 is 9.21 Å². The average Bonchev–Trinajstić information content (AvgIpc) is 3.07. The first-order chi connectivity index (χ1) is 10.8. The Morgan fingerprint density at radius 3 is 2.86 bits per heavy atom. The van der Waals surface area contributed by atoms with Crippen molar-refractivity contribution in [3.05, 3.63) is 59.5 Å². The molecule has 2 N–H and O–H groups in total. The molecule has 0 saturated carbocycles. The molecule has 3 rings (SSSR count). The fourth-order valence-corrected chi connectivity index (χ4v) is 2.62. The predicted octanol–water partition coefficient (Wildman–Crippen LogP) is 1.61. The van der Waals surface area contributed by atoms with Gasteiger partial charge in [0.1, 0.15) is 5.76 Å². The number of furan rings is 1. The highest BCUT2D eigenvalue weighted by Crippen LogP contribution is 2.10. The quantitative estimate of drug-likeness (QED) is 0.881. The minimum Gasteiger partial charge on any atom is -0.467 e. The molecule has 1 fully saturated rings. The summed E-state index contributed by atoms with van der Waals surface area (Å²) in [5.41, 5.74) is 1.87. The third-order valence-electron chi connectivity index (χ3n) is 3.81. The molecule has 0 aliphatic carbocycles. The van der Waals surface area contributed by atoms with Gasteiger partial charge in [0, 0.05) is 38.3 Å². The molecule has 116 valence electrons. The van der Waals surface area contributed by atoms with E-state index in [1.54, 1.807) is 6.26 Å². The lowest BCUT2D eigenvalue weighted by Crippen LogP contribution is -2.42. The minimum absolute atomic E-state index is 0.0708. The van der Waals surface area contributed by atoms with E-state index in [-0.39, 0.29) is 5.91 Å². The molecule has 1 amide bonds. The van der Waals surface area contributed by atoms with Gasteiger partial charge < -0.3 is 15.1 Å². The van der Waals surface area contributed by atoms with E-state index in [0.717, 1.165) is 38.5 Å². The Kier molecular flexibility index (Phi) is 4.88. The summed E-state index contributed by atoms with van der Waals surface area (Å²) >= 11 is 0. The van der Waals surface area contributed by atoms with E-state index in [0.29, 0.717) is 12.1 Å². The molecule has 1 saturated heterocycles. The van der Waals surface area contributed by atoms with E-state index in [2.05, 4.69) is 21.6 Å². The number of nitrogens with zero attached hydrogens (tertiary/aromatic N) is 1. The number of benzene rings is 1. The predicted molar refractivity (Wildman–Crippen MR) is 84.5 cm³/mol. The summed E-state index contributed by atoms with van der Waals surface area (Å²) in [7, 11) is 0. The van der Waals surface area contributed by atoms with E-state index >= 15 is 0 Å². The highest BCUT2D eigenvalue weighted by Gasteiger charge is 2.11. The van der Waals surface area contributed by atoms with E-state index in [1.807, 2.05) is 30.3 Å². The molecular weight excluding hydrogens is 278 g/mol. The van der Waals surface area contributed by atoms with Crippen LogP contribution in [0.2, 0.25) is 0 Å². The normalized spacial score (nSPS) is 15.6. The SMILES string of the molecule is O=C(NCc1ccco1)c1cccc(CN2CCNCC2)c1. The van der Waals surface area contributed by atoms with E-state index in [1.165, 1.54) is 5.56 Å². The van der Waals surface area contributed by atoms with Gasteiger partial charge in [0.05, 0.1) is 12.8 Å². The first kappa shape index (κ1) is 14.8. The Morgan fingerprint density at radius 2 is 2.09 bits per heavy atom. The van der Waals surface area contributed by atoms with Gasteiger partial charge in [0.2, 0.25) is 0 Å². The van der Waals surface area contributed by atoms with Crippen LogP contribution < -0.4 is 10.6 Å². The van der Waals surface area contributed by atoms with E-state index in [9.17, 15) is 4.79 Å². The Morgan fingerprint density at radius 1 is 1.23 bits per heavy atom. The van der Waals surface area contributed by atoms with Crippen LogP contribution in [0.1, 0.15) is 21.7 Å². The summed E-state index contributed by atoms with van der Waals surface area (Å²) in [6.07, 6.45) is 1.61. The average molecular weight is 299 g/mol. The molecule has 0 bridgehead atoms. The summed E-state index contributed by atoms with van der Waals surface area (Å²) < 4.78 is 5.22. The highest BCUT2D eigenvalue weighted by molar-refractivity contribution is 5.94. The van der Waals surface area contributed by atoms with Gasteiger partial charge in [-0.3, -0.25) is 9.69 Å². The van der Waals surface area contributed by atoms with Gasteiger partial charge in [-0.05, 0) is 29.8 Å². The lowest BCUT2D eigenvalue weighted by molar-refractivity contribution is 0.0948. The maximum absolute atomic E-state index is 12.2. The van der Waals surface area contributed by atoms with Crippen LogP contribution in [0, 0.1) is 0 Å². The third kappa shape index (κ3) is 3.96. The first-order valence-electron chi connectivity index (χ1n) is 7.64. The zero-order valence-corrected chi connectivity index (χ0v) is 12.5. The fourth-order valence-electron chi connectivity index (χ4n) is 2.62. The number of hydrogen-bond donors (Lipinski definition) is 2. The van der Waals surface area contributed by atoms with Crippen LogP contribution in [-0.2, 0) is 13.1 Å².